The highest BCUT2D eigenvalue weighted by molar-refractivity contribution is 5.31. The van der Waals surface area contributed by atoms with Gasteiger partial charge in [0.15, 0.2) is 0 Å². The van der Waals surface area contributed by atoms with Crippen molar-refractivity contribution < 1.29 is 0 Å². The molecule has 0 aromatic rings. The molecule has 0 spiro atoms. The summed E-state index contributed by atoms with van der Waals surface area (Å²) >= 11 is 0. The Balaban J connectivity index is 1.83. The Kier molecular flexibility index (Phi) is 1.85. The van der Waals surface area contributed by atoms with Gasteiger partial charge in [-0.1, -0.05) is 12.8 Å². The molecule has 1 saturated heterocycles. The number of likely N-dealkylation sites (tertiary alicyclic amines) is 1. The maximum Gasteiger partial charge on any atom is 0.115 e. The van der Waals surface area contributed by atoms with Gasteiger partial charge in [0.1, 0.15) is 5.54 Å². The lowest BCUT2D eigenvalue weighted by Crippen LogP contribution is -2.36. The molecule has 3 fully saturated rings. The van der Waals surface area contributed by atoms with Crippen LogP contribution in [0.4, 0.5) is 0 Å². The van der Waals surface area contributed by atoms with Gasteiger partial charge in [-0.2, -0.15) is 5.26 Å². The van der Waals surface area contributed by atoms with E-state index in [9.17, 15) is 5.26 Å². The molecule has 2 atom stereocenters. The summed E-state index contributed by atoms with van der Waals surface area (Å²) in [6.45, 7) is 2.36. The first-order chi connectivity index (χ1) is 6.89. The van der Waals surface area contributed by atoms with Gasteiger partial charge in [-0.05, 0) is 50.6 Å². The van der Waals surface area contributed by atoms with E-state index in [0.29, 0.717) is 0 Å². The summed E-state index contributed by atoms with van der Waals surface area (Å²) < 4.78 is 0. The summed E-state index contributed by atoms with van der Waals surface area (Å²) in [6, 6.07) is 2.66. The van der Waals surface area contributed by atoms with Crippen molar-refractivity contribution >= 4 is 0 Å². The normalized spacial score (nSPS) is 47.1. The monoisotopic (exact) mass is 190 g/mol. The molecule has 14 heavy (non-hydrogen) atoms. The zero-order chi connectivity index (χ0) is 9.60. The van der Waals surface area contributed by atoms with Crippen LogP contribution < -0.4 is 0 Å². The second-order valence-corrected chi connectivity index (χ2v) is 5.13. The maximum absolute atomic E-state index is 9.46. The van der Waals surface area contributed by atoms with Crippen molar-refractivity contribution in [2.75, 3.05) is 13.1 Å². The van der Waals surface area contributed by atoms with E-state index in [2.05, 4.69) is 11.0 Å². The van der Waals surface area contributed by atoms with Crippen molar-refractivity contribution in [1.29, 1.82) is 5.26 Å². The van der Waals surface area contributed by atoms with Gasteiger partial charge in [-0.3, -0.25) is 4.90 Å². The van der Waals surface area contributed by atoms with E-state index in [1.807, 2.05) is 0 Å². The fourth-order valence-electron chi connectivity index (χ4n) is 3.89. The maximum atomic E-state index is 9.46. The summed E-state index contributed by atoms with van der Waals surface area (Å²) in [4.78, 5) is 2.49. The zero-order valence-corrected chi connectivity index (χ0v) is 8.71. The van der Waals surface area contributed by atoms with E-state index in [4.69, 9.17) is 0 Å². The van der Waals surface area contributed by atoms with Crippen LogP contribution in [0.2, 0.25) is 0 Å². The first-order valence-corrected chi connectivity index (χ1v) is 6.06. The minimum absolute atomic E-state index is 0.00694. The summed E-state index contributed by atoms with van der Waals surface area (Å²) in [6.07, 6.45) is 7.96. The van der Waals surface area contributed by atoms with Crippen LogP contribution in [0.3, 0.4) is 0 Å². The Labute approximate surface area is 85.9 Å². The molecule has 76 valence electrons. The van der Waals surface area contributed by atoms with E-state index < -0.39 is 0 Å². The van der Waals surface area contributed by atoms with E-state index in [1.54, 1.807) is 0 Å². The number of nitrogens with zero attached hydrogens (tertiary/aromatic N) is 2. The van der Waals surface area contributed by atoms with E-state index in [0.717, 1.165) is 11.8 Å². The molecular formula is C12H18N2. The largest absolute Gasteiger partial charge is 0.285 e. The van der Waals surface area contributed by atoms with Crippen molar-refractivity contribution in [3.63, 3.8) is 0 Å². The first-order valence-electron chi connectivity index (χ1n) is 6.06. The summed E-state index contributed by atoms with van der Waals surface area (Å²) in [5.74, 6) is 1.47. The molecule has 0 aromatic heterocycles. The third-order valence-electron chi connectivity index (χ3n) is 4.60. The van der Waals surface area contributed by atoms with Gasteiger partial charge in [0.05, 0.1) is 6.07 Å². The minimum atomic E-state index is 0.00694. The minimum Gasteiger partial charge on any atom is -0.285 e. The SMILES string of the molecule is N#CC1(N2CCCC2)C2CCCCC21. The molecule has 0 amide bonds. The molecule has 0 radical (unpaired) electrons. The Morgan fingerprint density at radius 1 is 1.00 bits per heavy atom. The van der Waals surface area contributed by atoms with Crippen LogP contribution in [0, 0.1) is 23.2 Å². The number of rotatable bonds is 1. The Hall–Kier alpha value is -0.550. The number of nitriles is 1. The van der Waals surface area contributed by atoms with Crippen molar-refractivity contribution in [3.05, 3.63) is 0 Å². The molecule has 0 N–H and O–H groups in total. The molecule has 3 aliphatic rings. The van der Waals surface area contributed by atoms with Gasteiger partial charge in [0.2, 0.25) is 0 Å². The van der Waals surface area contributed by atoms with Gasteiger partial charge in [0, 0.05) is 0 Å². The molecule has 1 aliphatic heterocycles. The molecule has 2 nitrogen and oxygen atoms in total. The first kappa shape index (κ1) is 8.73. The highest BCUT2D eigenvalue weighted by Gasteiger charge is 2.68. The predicted molar refractivity (Wildman–Crippen MR) is 54.6 cm³/mol. The standard InChI is InChI=1S/C12H18N2/c13-9-12(14-7-3-4-8-14)10-5-1-2-6-11(10)12/h10-11H,1-8H2. The van der Waals surface area contributed by atoms with Crippen molar-refractivity contribution in [1.82, 2.24) is 4.90 Å². The molecule has 1 heterocycles. The molecule has 2 saturated carbocycles. The lowest BCUT2D eigenvalue weighted by Gasteiger charge is -2.22. The quantitative estimate of drug-likeness (QED) is 0.633. The summed E-state index contributed by atoms with van der Waals surface area (Å²) in [7, 11) is 0. The molecule has 0 bridgehead atoms. The van der Waals surface area contributed by atoms with E-state index >= 15 is 0 Å². The Morgan fingerprint density at radius 3 is 2.07 bits per heavy atom. The Bertz CT molecular complexity index is 261. The third-order valence-corrected chi connectivity index (χ3v) is 4.60. The summed E-state index contributed by atoms with van der Waals surface area (Å²) in [5.41, 5.74) is 0.00694. The van der Waals surface area contributed by atoms with Crippen LogP contribution in [0.25, 0.3) is 0 Å². The summed E-state index contributed by atoms with van der Waals surface area (Å²) in [5, 5.41) is 9.46. The van der Waals surface area contributed by atoms with Gasteiger partial charge in [-0.15, -0.1) is 0 Å². The third kappa shape index (κ3) is 0.941. The van der Waals surface area contributed by atoms with Gasteiger partial charge >= 0.3 is 0 Å². The average molecular weight is 190 g/mol. The molecule has 3 rings (SSSR count). The lowest BCUT2D eigenvalue weighted by atomic mass is 10.0. The van der Waals surface area contributed by atoms with Crippen molar-refractivity contribution in [3.8, 4) is 6.07 Å². The second kappa shape index (κ2) is 2.97. The number of hydrogen-bond donors (Lipinski definition) is 0. The Morgan fingerprint density at radius 2 is 1.57 bits per heavy atom. The highest BCUT2D eigenvalue weighted by Crippen LogP contribution is 2.62. The molecular weight excluding hydrogens is 172 g/mol. The molecule has 0 aromatic carbocycles. The van der Waals surface area contributed by atoms with Gasteiger partial charge < -0.3 is 0 Å². The highest BCUT2D eigenvalue weighted by atomic mass is 15.3. The second-order valence-electron chi connectivity index (χ2n) is 5.13. The van der Waals surface area contributed by atoms with Crippen LogP contribution in [-0.2, 0) is 0 Å². The molecule has 2 heteroatoms. The fraction of sp³-hybridized carbons (Fsp3) is 0.917. The van der Waals surface area contributed by atoms with Crippen LogP contribution in [0.5, 0.6) is 0 Å². The smallest absolute Gasteiger partial charge is 0.115 e. The number of hydrogen-bond acceptors (Lipinski definition) is 2. The van der Waals surface area contributed by atoms with Crippen molar-refractivity contribution in [2.24, 2.45) is 11.8 Å². The topological polar surface area (TPSA) is 27.0 Å². The van der Waals surface area contributed by atoms with Gasteiger partial charge in [0.25, 0.3) is 0 Å². The van der Waals surface area contributed by atoms with Crippen LogP contribution in [-0.4, -0.2) is 23.5 Å². The van der Waals surface area contributed by atoms with Crippen LogP contribution in [0.1, 0.15) is 38.5 Å². The lowest BCUT2D eigenvalue weighted by molar-refractivity contribution is 0.243. The van der Waals surface area contributed by atoms with Crippen LogP contribution in [0.15, 0.2) is 0 Å². The van der Waals surface area contributed by atoms with Crippen molar-refractivity contribution in [2.45, 2.75) is 44.1 Å². The number of fused-ring (bicyclic) bond motifs is 1. The predicted octanol–water partition coefficient (Wildman–Crippen LogP) is 2.16. The zero-order valence-electron chi connectivity index (χ0n) is 8.71. The van der Waals surface area contributed by atoms with Gasteiger partial charge in [-0.25, -0.2) is 0 Å². The van der Waals surface area contributed by atoms with E-state index in [1.165, 1.54) is 51.6 Å². The molecule has 2 aliphatic carbocycles. The van der Waals surface area contributed by atoms with Crippen LogP contribution >= 0.6 is 0 Å². The fourth-order valence-corrected chi connectivity index (χ4v) is 3.89. The van der Waals surface area contributed by atoms with E-state index in [-0.39, 0.29) is 5.54 Å². The average Bonchev–Trinajstić information content (AvgIpc) is 2.62. The molecule has 2 unspecified atom stereocenters.